The van der Waals surface area contributed by atoms with E-state index < -0.39 is 29.0 Å². The number of nitrogens with one attached hydrogen (secondary N) is 5. The lowest BCUT2D eigenvalue weighted by Crippen LogP contribution is -2.46. The van der Waals surface area contributed by atoms with Gasteiger partial charge in [-0.25, -0.2) is 14.8 Å². The van der Waals surface area contributed by atoms with E-state index in [1.807, 2.05) is 54.6 Å². The summed E-state index contributed by atoms with van der Waals surface area (Å²) in [5, 5.41) is 21.8. The number of nitrogen functional groups attached to an aromatic ring is 1. The Labute approximate surface area is 346 Å². The van der Waals surface area contributed by atoms with Gasteiger partial charge in [-0.2, -0.15) is 4.98 Å². The molecule has 2 amide bonds. The number of ether oxygens (including phenoxy) is 2. The van der Waals surface area contributed by atoms with Crippen LogP contribution < -0.4 is 32.6 Å². The maximum absolute atomic E-state index is 12.9. The molecule has 0 bridgehead atoms. The molecule has 310 valence electrons. The normalized spacial score (nSPS) is 11.8. The van der Waals surface area contributed by atoms with Gasteiger partial charge in [0.2, 0.25) is 11.9 Å². The van der Waals surface area contributed by atoms with Gasteiger partial charge in [0.15, 0.2) is 11.2 Å². The van der Waals surface area contributed by atoms with Gasteiger partial charge in [0, 0.05) is 30.8 Å². The van der Waals surface area contributed by atoms with Crippen molar-refractivity contribution in [2.45, 2.75) is 31.0 Å². The van der Waals surface area contributed by atoms with Crippen LogP contribution >= 0.6 is 0 Å². The molecule has 0 aliphatic rings. The molecular formula is C44H47N9O7. The minimum atomic E-state index is -1.28. The number of hydrogen-bond acceptors (Lipinski definition) is 12. The number of carbonyl (C=O) groups is 3. The third-order valence-corrected chi connectivity index (χ3v) is 9.57. The summed E-state index contributed by atoms with van der Waals surface area (Å²) in [5.74, 6) is -2.28. The largest absolute Gasteiger partial charge is 0.480 e. The van der Waals surface area contributed by atoms with Crippen LogP contribution in [0.3, 0.4) is 0 Å². The van der Waals surface area contributed by atoms with Crippen molar-refractivity contribution in [3.63, 3.8) is 0 Å². The first kappa shape index (κ1) is 42.6. The Balaban J connectivity index is 0.867. The van der Waals surface area contributed by atoms with Crippen LogP contribution in [0, 0.1) is 0 Å². The summed E-state index contributed by atoms with van der Waals surface area (Å²) in [6.07, 6.45) is 1.25. The standard InChI is InChI=1S/C44H47N9O7/c45-43-52-39-38(41(56)53-43)50-35(29-48-39)28-47-34-18-16-30(17-19-34)40(55)51-36(42(57)58)20-21-37(54)46-22-24-59-26-27-60-25-23-49-44(31-10-4-1-5-11-31,32-12-6-2-7-13-32)33-14-8-3-9-15-33/h1-19,29,36,47,49H,20-28H2,(H,46,54)(H,51,55)(H,57,58)(H3,45,48,52,53,56)/t36-/m0/s1. The summed E-state index contributed by atoms with van der Waals surface area (Å²) in [6.45, 7) is 2.42. The van der Waals surface area contributed by atoms with Gasteiger partial charge < -0.3 is 36.3 Å². The first-order valence-electron chi connectivity index (χ1n) is 19.5. The van der Waals surface area contributed by atoms with E-state index in [-0.39, 0.29) is 61.1 Å². The summed E-state index contributed by atoms with van der Waals surface area (Å²) in [7, 11) is 0. The Hall–Kier alpha value is -7.01. The van der Waals surface area contributed by atoms with Crippen LogP contribution in [-0.2, 0) is 31.1 Å². The average Bonchev–Trinajstić information content (AvgIpc) is 3.27. The Kier molecular flexibility index (Phi) is 15.0. The van der Waals surface area contributed by atoms with Crippen LogP contribution in [0.4, 0.5) is 11.6 Å². The summed E-state index contributed by atoms with van der Waals surface area (Å²) in [4.78, 5) is 64.1. The second-order valence-corrected chi connectivity index (χ2v) is 13.7. The lowest BCUT2D eigenvalue weighted by Gasteiger charge is -2.37. The predicted octanol–water partition coefficient (Wildman–Crippen LogP) is 3.60. The van der Waals surface area contributed by atoms with Gasteiger partial charge in [-0.05, 0) is 47.4 Å². The van der Waals surface area contributed by atoms with Gasteiger partial charge in [-0.3, -0.25) is 24.7 Å². The van der Waals surface area contributed by atoms with Crippen molar-refractivity contribution in [2.24, 2.45) is 0 Å². The highest BCUT2D eigenvalue weighted by Crippen LogP contribution is 2.36. The predicted molar refractivity (Wildman–Crippen MR) is 226 cm³/mol. The Morgan fingerprint density at radius 2 is 1.35 bits per heavy atom. The summed E-state index contributed by atoms with van der Waals surface area (Å²) in [5.41, 5.74) is 9.35. The lowest BCUT2D eigenvalue weighted by atomic mass is 9.77. The molecule has 0 aliphatic heterocycles. The number of nitrogens with two attached hydrogens (primary N) is 1. The number of hydrogen-bond donors (Lipinski definition) is 7. The van der Waals surface area contributed by atoms with Crippen LogP contribution in [0.5, 0.6) is 0 Å². The molecular weight excluding hydrogens is 767 g/mol. The Bertz CT molecular complexity index is 2290. The topological polar surface area (TPSA) is 236 Å². The first-order valence-corrected chi connectivity index (χ1v) is 19.5. The SMILES string of the molecule is Nc1nc2ncc(CNc3ccc(C(=O)N[C@@H](CCC(=O)NCCOCCOCCNC(c4ccccc4)(c4ccccc4)c4ccccc4)C(=O)O)cc3)nc2c(=O)[nH]1. The number of benzene rings is 4. The van der Waals surface area contributed by atoms with Crippen molar-refractivity contribution in [1.82, 2.24) is 35.9 Å². The maximum atomic E-state index is 12.9. The van der Waals surface area contributed by atoms with Gasteiger partial charge >= 0.3 is 5.97 Å². The molecule has 6 rings (SSSR count). The first-order chi connectivity index (χ1) is 29.2. The molecule has 2 heterocycles. The molecule has 60 heavy (non-hydrogen) atoms. The molecule has 16 heteroatoms. The van der Waals surface area contributed by atoms with Crippen LogP contribution in [0.15, 0.2) is 126 Å². The smallest absolute Gasteiger partial charge is 0.326 e. The molecule has 0 spiro atoms. The zero-order valence-electron chi connectivity index (χ0n) is 32.8. The van der Waals surface area contributed by atoms with Crippen molar-refractivity contribution >= 4 is 40.6 Å². The number of carboxylic acid groups (broad SMARTS) is 1. The number of H-pyrrole nitrogens is 1. The zero-order chi connectivity index (χ0) is 42.2. The molecule has 0 fully saturated rings. The van der Waals surface area contributed by atoms with Gasteiger partial charge in [-0.15, -0.1) is 0 Å². The van der Waals surface area contributed by atoms with E-state index in [2.05, 4.69) is 77.6 Å². The van der Waals surface area contributed by atoms with Crippen molar-refractivity contribution in [2.75, 3.05) is 50.6 Å². The van der Waals surface area contributed by atoms with E-state index in [1.165, 1.54) is 18.3 Å². The number of aromatic nitrogens is 4. The van der Waals surface area contributed by atoms with E-state index in [1.54, 1.807) is 12.1 Å². The summed E-state index contributed by atoms with van der Waals surface area (Å²) >= 11 is 0. The van der Waals surface area contributed by atoms with Gasteiger partial charge in [0.25, 0.3) is 11.5 Å². The number of aliphatic carboxylic acids is 1. The zero-order valence-corrected chi connectivity index (χ0v) is 32.8. The molecule has 6 aromatic rings. The summed E-state index contributed by atoms with van der Waals surface area (Å²) < 4.78 is 11.5. The van der Waals surface area contributed by atoms with E-state index in [0.29, 0.717) is 37.7 Å². The molecule has 0 unspecified atom stereocenters. The van der Waals surface area contributed by atoms with E-state index in [9.17, 15) is 24.3 Å². The van der Waals surface area contributed by atoms with Gasteiger partial charge in [0.1, 0.15) is 6.04 Å². The molecule has 0 aliphatic carbocycles. The molecule has 0 saturated carbocycles. The minimum absolute atomic E-state index is 0.0531. The van der Waals surface area contributed by atoms with Crippen molar-refractivity contribution in [3.8, 4) is 0 Å². The number of amides is 2. The fraction of sp³-hybridized carbons (Fsp3) is 0.250. The van der Waals surface area contributed by atoms with Crippen LogP contribution in [0.25, 0.3) is 11.2 Å². The number of rotatable bonds is 22. The fourth-order valence-electron chi connectivity index (χ4n) is 6.62. The molecule has 0 radical (unpaired) electrons. The monoisotopic (exact) mass is 813 g/mol. The molecule has 16 nitrogen and oxygen atoms in total. The highest BCUT2D eigenvalue weighted by atomic mass is 16.5. The van der Waals surface area contributed by atoms with Gasteiger partial charge in [-0.1, -0.05) is 91.0 Å². The molecule has 0 saturated heterocycles. The van der Waals surface area contributed by atoms with Crippen LogP contribution in [0.2, 0.25) is 0 Å². The van der Waals surface area contributed by atoms with E-state index in [0.717, 1.165) is 16.7 Å². The van der Waals surface area contributed by atoms with Gasteiger partial charge in [0.05, 0.1) is 50.4 Å². The quantitative estimate of drug-likeness (QED) is 0.0384. The number of anilines is 2. The molecule has 2 aromatic heterocycles. The lowest BCUT2D eigenvalue weighted by molar-refractivity contribution is -0.139. The Morgan fingerprint density at radius 3 is 1.93 bits per heavy atom. The summed E-state index contributed by atoms with van der Waals surface area (Å²) in [6, 6.07) is 36.1. The fourth-order valence-corrected chi connectivity index (χ4v) is 6.62. The van der Waals surface area contributed by atoms with E-state index >= 15 is 0 Å². The average molecular weight is 814 g/mol. The number of fused-ring (bicyclic) bond motifs is 1. The number of nitrogens with zero attached hydrogens (tertiary/aromatic N) is 3. The minimum Gasteiger partial charge on any atom is -0.480 e. The van der Waals surface area contributed by atoms with Crippen molar-refractivity contribution in [1.29, 1.82) is 0 Å². The highest BCUT2D eigenvalue weighted by molar-refractivity contribution is 5.97. The van der Waals surface area contributed by atoms with Crippen LogP contribution in [-0.4, -0.2) is 88.4 Å². The highest BCUT2D eigenvalue weighted by Gasteiger charge is 2.35. The third kappa shape index (κ3) is 11.3. The molecule has 8 N–H and O–H groups in total. The second-order valence-electron chi connectivity index (χ2n) is 13.7. The number of carboxylic acids is 1. The molecule has 1 atom stereocenters. The number of aromatic amines is 1. The van der Waals surface area contributed by atoms with Crippen molar-refractivity contribution in [3.05, 3.63) is 160 Å². The third-order valence-electron chi connectivity index (χ3n) is 9.57. The Morgan fingerprint density at radius 1 is 0.767 bits per heavy atom. The number of carbonyl (C=O) groups excluding carboxylic acids is 2. The van der Waals surface area contributed by atoms with Crippen molar-refractivity contribution < 1.29 is 29.0 Å². The molecule has 4 aromatic carbocycles. The second kappa shape index (κ2) is 21.1. The van der Waals surface area contributed by atoms with Crippen LogP contribution in [0.1, 0.15) is 45.6 Å². The maximum Gasteiger partial charge on any atom is 0.326 e. The van der Waals surface area contributed by atoms with E-state index in [4.69, 9.17) is 15.2 Å².